The summed E-state index contributed by atoms with van der Waals surface area (Å²) in [5.41, 5.74) is 1.11. The smallest absolute Gasteiger partial charge is 0.277 e. The second-order valence-corrected chi connectivity index (χ2v) is 8.14. The molecule has 2 aromatic rings. The third kappa shape index (κ3) is 4.12. The van der Waals surface area contributed by atoms with Gasteiger partial charge in [0.05, 0.1) is 10.2 Å². The maximum absolute atomic E-state index is 12.2. The van der Waals surface area contributed by atoms with E-state index in [1.54, 1.807) is 4.90 Å². The fraction of sp³-hybridized carbons (Fsp3) is 0.556. The van der Waals surface area contributed by atoms with Crippen LogP contribution in [0.15, 0.2) is 24.3 Å². The number of carbonyl (C=O) groups is 1. The van der Waals surface area contributed by atoms with Gasteiger partial charge < -0.3 is 14.7 Å². The van der Waals surface area contributed by atoms with Crippen molar-refractivity contribution in [3.05, 3.63) is 29.3 Å². The van der Waals surface area contributed by atoms with Gasteiger partial charge in [-0.05, 0) is 26.0 Å². The van der Waals surface area contributed by atoms with Crippen molar-refractivity contribution in [2.24, 2.45) is 0 Å². The second-order valence-electron chi connectivity index (χ2n) is 7.03. The van der Waals surface area contributed by atoms with Gasteiger partial charge in [0.25, 0.3) is 5.91 Å². The Morgan fingerprint density at radius 1 is 1.21 bits per heavy atom. The number of aromatic nitrogens is 1. The molecule has 6 heteroatoms. The maximum atomic E-state index is 12.2. The summed E-state index contributed by atoms with van der Waals surface area (Å²) in [6.07, 6.45) is 0. The number of benzene rings is 1. The van der Waals surface area contributed by atoms with Crippen LogP contribution in [0.5, 0.6) is 0 Å². The van der Waals surface area contributed by atoms with Gasteiger partial charge in [-0.2, -0.15) is 0 Å². The number of hydrogen-bond donors (Lipinski definition) is 2. The zero-order chi connectivity index (χ0) is 17.1. The highest BCUT2D eigenvalue weighted by Crippen LogP contribution is 2.20. The Morgan fingerprint density at radius 2 is 1.88 bits per heavy atom. The molecule has 1 amide bonds. The predicted molar refractivity (Wildman–Crippen MR) is 97.5 cm³/mol. The fourth-order valence-corrected chi connectivity index (χ4v) is 4.19. The summed E-state index contributed by atoms with van der Waals surface area (Å²) in [6, 6.07) is 8.63. The van der Waals surface area contributed by atoms with Gasteiger partial charge in [0, 0.05) is 13.1 Å². The molecule has 1 saturated heterocycles. The van der Waals surface area contributed by atoms with Crippen molar-refractivity contribution >= 4 is 27.5 Å². The third-order valence-corrected chi connectivity index (χ3v) is 6.01. The molecular formula is C18H28N4OS+2. The lowest BCUT2D eigenvalue weighted by Gasteiger charge is -2.30. The molecule has 2 heterocycles. The molecule has 0 saturated carbocycles. The first-order chi connectivity index (χ1) is 11.5. The normalized spacial score (nSPS) is 21.3. The van der Waals surface area contributed by atoms with E-state index in [4.69, 9.17) is 4.98 Å². The molecule has 24 heavy (non-hydrogen) atoms. The van der Waals surface area contributed by atoms with Gasteiger partial charge in [-0.3, -0.25) is 4.79 Å². The molecule has 1 aliphatic heterocycles. The van der Waals surface area contributed by atoms with Crippen molar-refractivity contribution in [1.82, 2.24) is 9.88 Å². The van der Waals surface area contributed by atoms with Crippen molar-refractivity contribution in [1.29, 1.82) is 0 Å². The molecule has 1 fully saturated rings. The molecule has 3 rings (SSSR count). The van der Waals surface area contributed by atoms with Gasteiger partial charge in [0.1, 0.15) is 37.7 Å². The number of hydrogen-bond acceptors (Lipinski definition) is 3. The first kappa shape index (κ1) is 17.3. The van der Waals surface area contributed by atoms with Crippen LogP contribution in [0.2, 0.25) is 0 Å². The molecule has 0 unspecified atom stereocenters. The fourth-order valence-electron chi connectivity index (χ4n) is 3.15. The molecule has 5 nitrogen and oxygen atoms in total. The van der Waals surface area contributed by atoms with E-state index in [-0.39, 0.29) is 11.9 Å². The van der Waals surface area contributed by atoms with Crippen LogP contribution in [0.25, 0.3) is 10.2 Å². The summed E-state index contributed by atoms with van der Waals surface area (Å²) < 4.78 is 1.28. The van der Waals surface area contributed by atoms with Gasteiger partial charge in [-0.25, -0.2) is 4.98 Å². The van der Waals surface area contributed by atoms with Crippen LogP contribution in [0.4, 0.5) is 0 Å². The number of fused-ring (bicyclic) bond motifs is 1. The summed E-state index contributed by atoms with van der Waals surface area (Å²) in [5.74, 6) is 0.259. The summed E-state index contributed by atoms with van der Waals surface area (Å²) in [4.78, 5) is 21.8. The predicted octanol–water partition coefficient (Wildman–Crippen LogP) is -0.553. The van der Waals surface area contributed by atoms with Gasteiger partial charge in [0.2, 0.25) is 0 Å². The number of piperazine rings is 1. The Morgan fingerprint density at radius 3 is 2.54 bits per heavy atom. The topological polar surface area (TPSA) is 42.1 Å². The van der Waals surface area contributed by atoms with Gasteiger partial charge in [-0.1, -0.05) is 12.1 Å². The maximum Gasteiger partial charge on any atom is 0.277 e. The highest BCUT2D eigenvalue weighted by atomic mass is 32.1. The van der Waals surface area contributed by atoms with E-state index in [9.17, 15) is 4.79 Å². The molecule has 2 N–H and O–H groups in total. The van der Waals surface area contributed by atoms with E-state index in [2.05, 4.69) is 32.0 Å². The number of quaternary nitrogens is 2. The molecule has 1 aromatic carbocycles. The molecule has 130 valence electrons. The van der Waals surface area contributed by atoms with E-state index >= 15 is 0 Å². The molecule has 0 atom stereocenters. The Labute approximate surface area is 147 Å². The van der Waals surface area contributed by atoms with Gasteiger partial charge >= 0.3 is 0 Å². The van der Waals surface area contributed by atoms with Crippen molar-refractivity contribution < 1.29 is 14.6 Å². The zero-order valence-electron chi connectivity index (χ0n) is 14.8. The minimum absolute atomic E-state index is 0.259. The number of nitrogens with zero attached hydrogens (tertiary/aromatic N) is 2. The van der Waals surface area contributed by atoms with E-state index in [1.165, 1.54) is 14.6 Å². The van der Waals surface area contributed by atoms with Crippen molar-refractivity contribution in [2.75, 3.05) is 39.8 Å². The van der Waals surface area contributed by atoms with Crippen LogP contribution in [0.1, 0.15) is 18.9 Å². The van der Waals surface area contributed by atoms with Crippen molar-refractivity contribution in [3.63, 3.8) is 0 Å². The molecule has 0 bridgehead atoms. The number of carbonyl (C=O) groups excluding carboxylic acids is 1. The average Bonchev–Trinajstić information content (AvgIpc) is 2.98. The van der Waals surface area contributed by atoms with E-state index in [1.807, 2.05) is 29.4 Å². The largest absolute Gasteiger partial charge is 0.338 e. The van der Waals surface area contributed by atoms with Crippen LogP contribution in [-0.2, 0) is 11.3 Å². The van der Waals surface area contributed by atoms with Crippen LogP contribution < -0.4 is 9.80 Å². The monoisotopic (exact) mass is 348 g/mol. The average molecular weight is 349 g/mol. The Balaban J connectivity index is 1.49. The highest BCUT2D eigenvalue weighted by molar-refractivity contribution is 7.18. The number of amides is 1. The molecule has 1 aromatic heterocycles. The first-order valence-corrected chi connectivity index (χ1v) is 9.62. The summed E-state index contributed by atoms with van der Waals surface area (Å²) in [6.45, 7) is 10.1. The number of nitrogens with one attached hydrogen (secondary N) is 2. The summed E-state index contributed by atoms with van der Waals surface area (Å²) in [5, 5.41) is 1.23. The number of thiazole rings is 1. The first-order valence-electron chi connectivity index (χ1n) is 8.80. The minimum atomic E-state index is 0.259. The molecule has 0 radical (unpaired) electrons. The summed E-state index contributed by atoms with van der Waals surface area (Å²) >= 11 is 1.81. The molecule has 1 aliphatic rings. The Bertz CT molecular complexity index is 658. The lowest BCUT2D eigenvalue weighted by Crippen LogP contribution is -3.28. The lowest BCUT2D eigenvalue weighted by atomic mass is 10.3. The minimum Gasteiger partial charge on any atom is -0.338 e. The highest BCUT2D eigenvalue weighted by Gasteiger charge is 2.27. The summed E-state index contributed by atoms with van der Waals surface area (Å²) in [7, 11) is 1.90. The van der Waals surface area contributed by atoms with Crippen LogP contribution >= 0.6 is 11.3 Å². The number of rotatable bonds is 5. The Kier molecular flexibility index (Phi) is 5.48. The quantitative estimate of drug-likeness (QED) is 0.761. The van der Waals surface area contributed by atoms with Crippen molar-refractivity contribution in [2.45, 2.75) is 26.4 Å². The molecule has 0 spiro atoms. The van der Waals surface area contributed by atoms with Crippen LogP contribution in [0.3, 0.4) is 0 Å². The van der Waals surface area contributed by atoms with Gasteiger partial charge in [-0.15, -0.1) is 11.3 Å². The number of likely N-dealkylation sites (N-methyl/N-ethyl adjacent to an activating group) is 1. The van der Waals surface area contributed by atoms with E-state index < -0.39 is 0 Å². The van der Waals surface area contributed by atoms with Crippen molar-refractivity contribution in [3.8, 4) is 0 Å². The third-order valence-electron chi connectivity index (χ3n) is 4.97. The SMILES string of the molecule is CC(C)N(C)C(=O)C[NH+]1CC[NH+](Cc2nc3ccccc3s2)CC1. The zero-order valence-corrected chi connectivity index (χ0v) is 15.7. The molecular weight excluding hydrogens is 320 g/mol. The second kappa shape index (κ2) is 7.59. The standard InChI is InChI=1S/C18H26N4OS/c1-14(2)20(3)18(23)13-22-10-8-21(9-11-22)12-17-19-15-6-4-5-7-16(15)24-17/h4-7,14H,8-13H2,1-3H3/p+2. The number of para-hydroxylation sites is 1. The van der Waals surface area contributed by atoms with E-state index in [0.717, 1.165) is 38.2 Å². The van der Waals surface area contributed by atoms with Gasteiger partial charge in [0.15, 0.2) is 6.54 Å². The lowest BCUT2D eigenvalue weighted by molar-refractivity contribution is -1.02. The van der Waals surface area contributed by atoms with E-state index in [0.29, 0.717) is 6.54 Å². The van der Waals surface area contributed by atoms with Crippen LogP contribution in [-0.4, -0.2) is 61.6 Å². The van der Waals surface area contributed by atoms with Crippen LogP contribution in [0, 0.1) is 0 Å². The Hall–Kier alpha value is -1.50. The molecule has 0 aliphatic carbocycles.